The summed E-state index contributed by atoms with van der Waals surface area (Å²) in [6.45, 7) is 4.72. The first-order valence-corrected chi connectivity index (χ1v) is 11.7. The average Bonchev–Trinajstić information content (AvgIpc) is 3.51. The molecule has 1 aliphatic heterocycles. The van der Waals surface area contributed by atoms with Gasteiger partial charge in [-0.15, -0.1) is 5.10 Å². The van der Waals surface area contributed by atoms with Crippen LogP contribution in [0.4, 0.5) is 13.2 Å². The Bertz CT molecular complexity index is 1570. The number of nitrogens with zero attached hydrogens (tertiary/aromatic N) is 10. The summed E-state index contributed by atoms with van der Waals surface area (Å²) in [7, 11) is 0. The second-order valence-corrected chi connectivity index (χ2v) is 8.90. The van der Waals surface area contributed by atoms with Crippen molar-refractivity contribution in [1.82, 2.24) is 39.2 Å². The number of halogens is 3. The summed E-state index contributed by atoms with van der Waals surface area (Å²) < 4.78 is 48.8. The molecule has 14 heteroatoms. The van der Waals surface area contributed by atoms with E-state index in [1.54, 1.807) is 24.0 Å². The number of aromatic nitrogens is 7. The molecule has 0 aliphatic carbocycles. The standard InChI is InChI=1S/C24H21F3N10O/c1-14-23(33-34-37(14)17-3-5-35(13-29)6-4-17)16-7-21-31-10-18(9-28)36(21)22(8-16)38-15(2)19-11-30-12-20(32-19)24(25,26)27/h7-8,10-12,15,17H,3-6H2,1-2H3. The van der Waals surface area contributed by atoms with E-state index in [-0.39, 0.29) is 23.3 Å². The predicted molar refractivity (Wildman–Crippen MR) is 125 cm³/mol. The van der Waals surface area contributed by atoms with E-state index >= 15 is 0 Å². The van der Waals surface area contributed by atoms with Crippen LogP contribution in [0.15, 0.2) is 30.7 Å². The SMILES string of the molecule is Cc1c(-c2cc(OC(C)c3cncc(C(F)(F)F)n3)n3c(C#N)cnc3c2)nnn1C1CCN(C#N)CC1. The van der Waals surface area contributed by atoms with Gasteiger partial charge in [0, 0.05) is 24.7 Å². The van der Waals surface area contributed by atoms with Crippen LogP contribution in [0, 0.1) is 29.7 Å². The average molecular weight is 522 g/mol. The zero-order chi connectivity index (χ0) is 27.0. The number of pyridine rings is 1. The van der Waals surface area contributed by atoms with Crippen molar-refractivity contribution >= 4 is 5.65 Å². The van der Waals surface area contributed by atoms with E-state index in [1.165, 1.54) is 16.8 Å². The van der Waals surface area contributed by atoms with Gasteiger partial charge in [-0.25, -0.2) is 14.6 Å². The lowest BCUT2D eigenvalue weighted by molar-refractivity contribution is -0.141. The highest BCUT2D eigenvalue weighted by atomic mass is 19.4. The first kappa shape index (κ1) is 25.0. The van der Waals surface area contributed by atoms with Gasteiger partial charge in [-0.05, 0) is 32.8 Å². The molecule has 1 saturated heterocycles. The highest BCUT2D eigenvalue weighted by Crippen LogP contribution is 2.33. The van der Waals surface area contributed by atoms with E-state index in [4.69, 9.17) is 10.00 Å². The fourth-order valence-electron chi connectivity index (χ4n) is 4.50. The molecule has 194 valence electrons. The quantitative estimate of drug-likeness (QED) is 0.358. The van der Waals surface area contributed by atoms with E-state index in [2.05, 4.69) is 31.5 Å². The Labute approximate surface area is 214 Å². The highest BCUT2D eigenvalue weighted by Gasteiger charge is 2.33. The molecule has 0 radical (unpaired) electrons. The summed E-state index contributed by atoms with van der Waals surface area (Å²) in [4.78, 5) is 13.3. The first-order valence-electron chi connectivity index (χ1n) is 11.7. The summed E-state index contributed by atoms with van der Waals surface area (Å²) in [6, 6.07) is 5.52. The number of alkyl halides is 3. The fraction of sp³-hybridized carbons (Fsp3) is 0.375. The first-order chi connectivity index (χ1) is 18.2. The number of likely N-dealkylation sites (tertiary alicyclic amines) is 1. The molecule has 0 spiro atoms. The maximum Gasteiger partial charge on any atom is 0.434 e. The number of piperidine rings is 1. The number of fused-ring (bicyclic) bond motifs is 1. The van der Waals surface area contributed by atoms with Crippen LogP contribution >= 0.6 is 0 Å². The molecule has 5 rings (SSSR count). The maximum atomic E-state index is 13.2. The Morgan fingerprint density at radius 3 is 2.58 bits per heavy atom. The van der Waals surface area contributed by atoms with E-state index in [0.717, 1.165) is 18.5 Å². The molecule has 4 aromatic heterocycles. The number of imidazole rings is 1. The number of ether oxygens (including phenoxy) is 1. The van der Waals surface area contributed by atoms with E-state index in [0.29, 0.717) is 36.2 Å². The summed E-state index contributed by atoms with van der Waals surface area (Å²) in [5, 5.41) is 27.4. The maximum absolute atomic E-state index is 13.2. The van der Waals surface area contributed by atoms with E-state index in [9.17, 15) is 18.4 Å². The molecule has 1 aliphatic rings. The van der Waals surface area contributed by atoms with Crippen molar-refractivity contribution in [1.29, 1.82) is 10.5 Å². The fourth-order valence-corrected chi connectivity index (χ4v) is 4.50. The Balaban J connectivity index is 1.51. The van der Waals surface area contributed by atoms with Crippen LogP contribution in [0.2, 0.25) is 0 Å². The van der Waals surface area contributed by atoms with E-state index < -0.39 is 18.0 Å². The van der Waals surface area contributed by atoms with Gasteiger partial charge in [0.25, 0.3) is 0 Å². The van der Waals surface area contributed by atoms with Crippen molar-refractivity contribution in [2.24, 2.45) is 0 Å². The predicted octanol–water partition coefficient (Wildman–Crippen LogP) is 3.84. The van der Waals surface area contributed by atoms with Gasteiger partial charge in [0.15, 0.2) is 11.9 Å². The lowest BCUT2D eigenvalue weighted by Gasteiger charge is -2.28. The third kappa shape index (κ3) is 4.56. The van der Waals surface area contributed by atoms with Gasteiger partial charge in [-0.3, -0.25) is 9.38 Å². The number of hydrogen-bond donors (Lipinski definition) is 0. The molecule has 4 aromatic rings. The van der Waals surface area contributed by atoms with Crippen molar-refractivity contribution in [2.45, 2.75) is 45.0 Å². The largest absolute Gasteiger partial charge is 0.469 e. The van der Waals surface area contributed by atoms with Gasteiger partial charge in [-0.1, -0.05) is 5.21 Å². The molecule has 11 nitrogen and oxygen atoms in total. The normalized spacial score (nSPS) is 15.3. The topological polar surface area (TPSA) is 134 Å². The molecule has 0 aromatic carbocycles. The lowest BCUT2D eigenvalue weighted by Crippen LogP contribution is -2.31. The van der Waals surface area contributed by atoms with Crippen LogP contribution in [0.1, 0.15) is 54.7 Å². The summed E-state index contributed by atoms with van der Waals surface area (Å²) in [5.74, 6) is 0.176. The van der Waals surface area contributed by atoms with Gasteiger partial charge in [0.1, 0.15) is 29.2 Å². The second-order valence-electron chi connectivity index (χ2n) is 8.90. The van der Waals surface area contributed by atoms with Gasteiger partial charge in [0.2, 0.25) is 5.88 Å². The van der Waals surface area contributed by atoms with E-state index in [1.807, 2.05) is 17.7 Å². The summed E-state index contributed by atoms with van der Waals surface area (Å²) >= 11 is 0. The summed E-state index contributed by atoms with van der Waals surface area (Å²) in [6.07, 6.45) is 1.33. The van der Waals surface area contributed by atoms with Gasteiger partial charge in [-0.2, -0.15) is 23.7 Å². The Kier molecular flexibility index (Phi) is 6.32. The van der Waals surface area contributed by atoms with Crippen LogP contribution in [0.3, 0.4) is 0 Å². The van der Waals surface area contributed by atoms with Gasteiger partial charge in [0.05, 0.1) is 36.0 Å². The Hall–Kier alpha value is -4.72. The molecule has 1 atom stereocenters. The summed E-state index contributed by atoms with van der Waals surface area (Å²) in [5.41, 5.74) is 1.43. The highest BCUT2D eigenvalue weighted by molar-refractivity contribution is 5.68. The number of nitriles is 2. The smallest absolute Gasteiger partial charge is 0.434 e. The van der Waals surface area contributed by atoms with Crippen molar-refractivity contribution in [3.8, 4) is 29.4 Å². The molecule has 0 bridgehead atoms. The minimum absolute atomic E-state index is 0.0252. The van der Waals surface area contributed by atoms with Gasteiger partial charge >= 0.3 is 6.18 Å². The molecule has 5 heterocycles. The Morgan fingerprint density at radius 2 is 1.89 bits per heavy atom. The second kappa shape index (κ2) is 9.63. The van der Waals surface area contributed by atoms with Crippen LogP contribution in [-0.2, 0) is 6.18 Å². The molecular formula is C24H21F3N10O. The third-order valence-corrected chi connectivity index (χ3v) is 6.50. The van der Waals surface area contributed by atoms with Crippen molar-refractivity contribution < 1.29 is 17.9 Å². The molecule has 0 amide bonds. The lowest BCUT2D eigenvalue weighted by atomic mass is 10.0. The van der Waals surface area contributed by atoms with Crippen molar-refractivity contribution in [3.05, 3.63) is 53.5 Å². The van der Waals surface area contributed by atoms with Crippen LogP contribution in [-0.4, -0.2) is 52.3 Å². The zero-order valence-electron chi connectivity index (χ0n) is 20.4. The Morgan fingerprint density at radius 1 is 1.13 bits per heavy atom. The van der Waals surface area contributed by atoms with Crippen LogP contribution in [0.25, 0.3) is 16.9 Å². The molecule has 1 fully saturated rings. The molecule has 38 heavy (non-hydrogen) atoms. The number of hydrogen-bond acceptors (Lipinski definition) is 9. The number of rotatable bonds is 5. The van der Waals surface area contributed by atoms with Crippen molar-refractivity contribution in [3.63, 3.8) is 0 Å². The van der Waals surface area contributed by atoms with Crippen LogP contribution in [0.5, 0.6) is 5.88 Å². The molecule has 1 unspecified atom stereocenters. The molecule has 0 saturated carbocycles. The molecular weight excluding hydrogens is 501 g/mol. The van der Waals surface area contributed by atoms with Gasteiger partial charge < -0.3 is 9.64 Å². The molecule has 0 N–H and O–H groups in total. The third-order valence-electron chi connectivity index (χ3n) is 6.50. The minimum atomic E-state index is -4.65. The van der Waals surface area contributed by atoms with Crippen LogP contribution < -0.4 is 4.74 Å². The minimum Gasteiger partial charge on any atom is -0.469 e. The monoisotopic (exact) mass is 522 g/mol. The zero-order valence-corrected chi connectivity index (χ0v) is 20.4. The van der Waals surface area contributed by atoms with Crippen molar-refractivity contribution in [2.75, 3.05) is 13.1 Å².